The number of anilines is 6. The smallest absolute Gasteiger partial charge is 0.159 e. The fraction of sp³-hybridized carbons (Fsp3) is 0.0476. The molecule has 0 atom stereocenters. The minimum absolute atomic E-state index is 0.716. The van der Waals surface area contributed by atoms with Crippen molar-refractivity contribution in [2.24, 2.45) is 21.1 Å². The Balaban J connectivity index is 1.04. The molecular formula is C63H43N11S2. The number of nitrogens with zero attached hydrogens (tertiary/aromatic N) is 11. The summed E-state index contributed by atoms with van der Waals surface area (Å²) in [6.07, 6.45) is 5.47. The molecule has 76 heavy (non-hydrogen) atoms. The van der Waals surface area contributed by atoms with Gasteiger partial charge in [0.1, 0.15) is 34.0 Å². The Kier molecular flexibility index (Phi) is 10.1. The summed E-state index contributed by atoms with van der Waals surface area (Å²) in [5.41, 5.74) is 17.9. The zero-order chi connectivity index (χ0) is 50.6. The lowest BCUT2D eigenvalue weighted by Crippen LogP contribution is -2.14. The highest BCUT2D eigenvalue weighted by Crippen LogP contribution is 2.55. The van der Waals surface area contributed by atoms with Crippen LogP contribution in [0.5, 0.6) is 0 Å². The molecule has 0 saturated carbocycles. The van der Waals surface area contributed by atoms with Crippen LogP contribution in [-0.4, -0.2) is 43.6 Å². The van der Waals surface area contributed by atoms with Crippen molar-refractivity contribution >= 4 is 91.1 Å². The number of imidazole rings is 3. The molecule has 8 heterocycles. The molecule has 0 aliphatic carbocycles. The summed E-state index contributed by atoms with van der Waals surface area (Å²) in [4.78, 5) is 40.7. The molecule has 15 rings (SSSR count). The highest BCUT2D eigenvalue weighted by Gasteiger charge is 2.33. The molecule has 0 radical (unpaired) electrons. The first-order chi connectivity index (χ1) is 37.4. The Morgan fingerprint density at radius 2 is 0.645 bits per heavy atom. The SMILES string of the molecule is Cn1c(-c2c(-c3ccc(N4c5ccccc5Sc5ccccc54)cc3)cc(-c3ccc(N4c5ccccc5Sc5ccccc54)cc3)c(-c3nc4cccnc4n3C)c2-c2nc3cccnc3n2C)nc2cccnc21. The number of benzene rings is 7. The van der Waals surface area contributed by atoms with Crippen LogP contribution in [0.15, 0.2) is 226 Å². The van der Waals surface area contributed by atoms with Crippen LogP contribution in [0.3, 0.4) is 0 Å². The standard InChI is InChI=1S/C63H43N11S2/c1-70-58-44(15-12-34-64-58)67-61(70)55-42(38-26-30-40(31-27-38)73-47-18-4-8-22-51(47)75-52-23-9-5-19-48(52)73)37-43(39-28-32-41(33-29-39)74-49-20-6-10-24-53(49)76-54-25-11-7-21-50(54)74)56(62-68-45-16-13-35-65-59(45)71(62)2)57(55)63-69-46-17-14-36-66-60(46)72(63)3/h4-37H,1-3H3. The maximum atomic E-state index is 5.51. The lowest BCUT2D eigenvalue weighted by Gasteiger charge is -2.33. The van der Waals surface area contributed by atoms with Crippen LogP contribution < -0.4 is 9.80 Å². The average Bonchev–Trinajstić information content (AvgIpc) is 4.18. The first-order valence-electron chi connectivity index (χ1n) is 25.0. The van der Waals surface area contributed by atoms with Crippen molar-refractivity contribution < 1.29 is 0 Å². The van der Waals surface area contributed by atoms with E-state index in [2.05, 4.69) is 189 Å². The number of pyridine rings is 3. The number of aromatic nitrogens is 9. The largest absolute Gasteiger partial charge is 0.312 e. The summed E-state index contributed by atoms with van der Waals surface area (Å²) >= 11 is 3.61. The van der Waals surface area contributed by atoms with Gasteiger partial charge in [-0.3, -0.25) is 0 Å². The lowest BCUT2D eigenvalue weighted by atomic mass is 9.84. The van der Waals surface area contributed by atoms with E-state index < -0.39 is 0 Å². The number of para-hydroxylation sites is 4. The van der Waals surface area contributed by atoms with E-state index in [1.54, 1.807) is 23.5 Å². The van der Waals surface area contributed by atoms with E-state index in [9.17, 15) is 0 Å². The van der Waals surface area contributed by atoms with Crippen molar-refractivity contribution in [1.29, 1.82) is 0 Å². The van der Waals surface area contributed by atoms with Crippen molar-refractivity contribution in [3.8, 4) is 56.4 Å². The number of hydrogen-bond acceptors (Lipinski definition) is 10. The molecule has 362 valence electrons. The van der Waals surface area contributed by atoms with E-state index in [0.29, 0.717) is 5.82 Å². The maximum Gasteiger partial charge on any atom is 0.159 e. The molecule has 2 aliphatic rings. The highest BCUT2D eigenvalue weighted by atomic mass is 32.2. The minimum atomic E-state index is 0.716. The normalized spacial score (nSPS) is 12.8. The molecule has 0 saturated heterocycles. The van der Waals surface area contributed by atoms with Crippen molar-refractivity contribution in [3.63, 3.8) is 0 Å². The summed E-state index contributed by atoms with van der Waals surface area (Å²) in [7, 11) is 6.15. The van der Waals surface area contributed by atoms with Gasteiger partial charge in [0.25, 0.3) is 0 Å². The van der Waals surface area contributed by atoms with E-state index >= 15 is 0 Å². The van der Waals surface area contributed by atoms with Gasteiger partial charge in [-0.1, -0.05) is 96.3 Å². The van der Waals surface area contributed by atoms with Gasteiger partial charge in [0.2, 0.25) is 0 Å². The van der Waals surface area contributed by atoms with Crippen LogP contribution >= 0.6 is 23.5 Å². The van der Waals surface area contributed by atoms with Crippen molar-refractivity contribution in [1.82, 2.24) is 43.6 Å². The van der Waals surface area contributed by atoms with Gasteiger partial charge in [-0.15, -0.1) is 0 Å². The fourth-order valence-electron chi connectivity index (χ4n) is 11.1. The summed E-state index contributed by atoms with van der Waals surface area (Å²) in [5.74, 6) is 2.19. The molecule has 13 aromatic rings. The van der Waals surface area contributed by atoms with Crippen LogP contribution in [-0.2, 0) is 21.1 Å². The van der Waals surface area contributed by atoms with Gasteiger partial charge >= 0.3 is 0 Å². The van der Waals surface area contributed by atoms with E-state index in [4.69, 9.17) is 29.9 Å². The molecule has 0 amide bonds. The topological polar surface area (TPSA) is 98.6 Å². The Morgan fingerprint density at radius 3 is 0.974 bits per heavy atom. The molecular weight excluding hydrogens is 975 g/mol. The summed E-state index contributed by atoms with van der Waals surface area (Å²) in [6, 6.07) is 66.7. The molecule has 13 heteroatoms. The quantitative estimate of drug-likeness (QED) is 0.153. The zero-order valence-electron chi connectivity index (χ0n) is 41.4. The van der Waals surface area contributed by atoms with E-state index in [1.807, 2.05) is 62.0 Å². The van der Waals surface area contributed by atoms with Gasteiger partial charge in [-0.25, -0.2) is 29.9 Å². The van der Waals surface area contributed by atoms with Crippen molar-refractivity contribution in [2.75, 3.05) is 9.80 Å². The van der Waals surface area contributed by atoms with Gasteiger partial charge in [0.15, 0.2) is 16.9 Å². The number of aryl methyl sites for hydroxylation is 3. The van der Waals surface area contributed by atoms with E-state index in [-0.39, 0.29) is 0 Å². The van der Waals surface area contributed by atoms with Crippen LogP contribution in [0.1, 0.15) is 0 Å². The maximum absolute atomic E-state index is 5.51. The zero-order valence-corrected chi connectivity index (χ0v) is 43.0. The highest BCUT2D eigenvalue weighted by molar-refractivity contribution is 8.00. The van der Waals surface area contributed by atoms with Crippen LogP contribution in [0.25, 0.3) is 89.9 Å². The molecule has 0 fully saturated rings. The molecule has 0 bridgehead atoms. The fourth-order valence-corrected chi connectivity index (χ4v) is 13.2. The summed E-state index contributed by atoms with van der Waals surface area (Å²) in [6.45, 7) is 0. The van der Waals surface area contributed by atoms with E-state index in [1.165, 1.54) is 19.6 Å². The molecule has 6 aromatic heterocycles. The minimum Gasteiger partial charge on any atom is -0.312 e. The molecule has 0 unspecified atom stereocenters. The molecule has 0 N–H and O–H groups in total. The van der Waals surface area contributed by atoms with Gasteiger partial charge in [0, 0.05) is 87.4 Å². The first-order valence-corrected chi connectivity index (χ1v) is 26.7. The third-order valence-electron chi connectivity index (χ3n) is 14.6. The number of rotatable bonds is 7. The Hall–Kier alpha value is -9.30. The van der Waals surface area contributed by atoms with Crippen molar-refractivity contribution in [3.05, 3.63) is 207 Å². The second-order valence-corrected chi connectivity index (χ2v) is 21.1. The second kappa shape index (κ2) is 17.4. The number of fused-ring (bicyclic) bond motifs is 7. The Bertz CT molecular complexity index is 4150. The van der Waals surface area contributed by atoms with Crippen LogP contribution in [0.4, 0.5) is 34.1 Å². The van der Waals surface area contributed by atoms with E-state index in [0.717, 1.165) is 118 Å². The first kappa shape index (κ1) is 44.2. The lowest BCUT2D eigenvalue weighted by molar-refractivity contribution is 0.926. The van der Waals surface area contributed by atoms with Crippen LogP contribution in [0, 0.1) is 0 Å². The molecule has 0 spiro atoms. The van der Waals surface area contributed by atoms with Gasteiger partial charge in [0.05, 0.1) is 22.7 Å². The molecule has 11 nitrogen and oxygen atoms in total. The average molecular weight is 1020 g/mol. The van der Waals surface area contributed by atoms with Gasteiger partial charge < -0.3 is 23.5 Å². The van der Waals surface area contributed by atoms with Crippen molar-refractivity contribution in [2.45, 2.75) is 19.6 Å². The summed E-state index contributed by atoms with van der Waals surface area (Å²) in [5, 5.41) is 0. The molecule has 7 aromatic carbocycles. The Morgan fingerprint density at radius 1 is 0.329 bits per heavy atom. The number of hydrogen-bond donors (Lipinski definition) is 0. The monoisotopic (exact) mass is 1020 g/mol. The second-order valence-electron chi connectivity index (χ2n) is 19.0. The molecule has 2 aliphatic heterocycles. The third-order valence-corrected chi connectivity index (χ3v) is 16.9. The van der Waals surface area contributed by atoms with Crippen LogP contribution in [0.2, 0.25) is 0 Å². The predicted molar refractivity (Wildman–Crippen MR) is 307 cm³/mol. The summed E-state index contributed by atoms with van der Waals surface area (Å²) < 4.78 is 6.31. The van der Waals surface area contributed by atoms with Gasteiger partial charge in [-0.2, -0.15) is 0 Å². The predicted octanol–water partition coefficient (Wildman–Crippen LogP) is 15.7. The van der Waals surface area contributed by atoms with Gasteiger partial charge in [-0.05, 0) is 138 Å². The third kappa shape index (κ3) is 6.85. The Labute approximate surface area is 445 Å².